The molecule has 1 aliphatic rings. The standard InChI is InChI=1S/C8H11.C7H9.C2H7Ge.Zr/c1-7(2)8-5-3-4-6-8;1-6-4-3-5-7(6)2;1-3-2;/h5-7H,3H2,1-2H3;3-5H,1-2H3;3H,1-2H3;/q2*-1;;+2. The van der Waals surface area contributed by atoms with Crippen molar-refractivity contribution in [2.45, 2.75) is 45.6 Å². The van der Waals surface area contributed by atoms with Gasteiger partial charge in [0.05, 0.1) is 0 Å². The molecule has 0 nitrogen and oxygen atoms in total. The van der Waals surface area contributed by atoms with E-state index in [4.69, 9.17) is 0 Å². The molecule has 0 fully saturated rings. The zero-order chi connectivity index (χ0) is 14.0. The first-order valence-electron chi connectivity index (χ1n) is 6.72. The van der Waals surface area contributed by atoms with E-state index in [0.29, 0.717) is 21.3 Å². The molecular weight excluding hydrogens is 368 g/mol. The molecule has 0 aliphatic heterocycles. The number of aryl methyl sites for hydroxylation is 2. The van der Waals surface area contributed by atoms with Gasteiger partial charge in [-0.05, 0) is 0 Å². The van der Waals surface area contributed by atoms with Gasteiger partial charge in [-0.25, -0.2) is 18.2 Å². The van der Waals surface area contributed by atoms with Crippen molar-refractivity contribution in [3.05, 3.63) is 53.1 Å². The van der Waals surface area contributed by atoms with Gasteiger partial charge >= 0.3 is 53.1 Å². The van der Waals surface area contributed by atoms with Crippen LogP contribution in [0.15, 0.2) is 35.9 Å². The molecule has 2 rings (SSSR count). The predicted molar refractivity (Wildman–Crippen MR) is 85.7 cm³/mol. The third-order valence-corrected chi connectivity index (χ3v) is 2.71. The number of rotatable bonds is 1. The van der Waals surface area contributed by atoms with Crippen molar-refractivity contribution in [1.29, 1.82) is 0 Å². The molecule has 0 heterocycles. The first kappa shape index (κ1) is 21.6. The van der Waals surface area contributed by atoms with E-state index < -0.39 is 0 Å². The molecule has 1 aliphatic carbocycles. The second kappa shape index (κ2) is 13.2. The largest absolute Gasteiger partial charge is 2.00 e. The normalized spacial score (nSPS) is 11.8. The van der Waals surface area contributed by atoms with Crippen LogP contribution >= 0.6 is 0 Å². The molecule has 0 N–H and O–H groups in total. The first-order valence-corrected chi connectivity index (χ1v) is 11.6. The van der Waals surface area contributed by atoms with Crippen LogP contribution < -0.4 is 0 Å². The molecule has 0 bridgehead atoms. The molecule has 1 aromatic rings. The Hall–Kier alpha value is 0.256. The first-order chi connectivity index (χ1) is 8.52. The molecule has 19 heavy (non-hydrogen) atoms. The van der Waals surface area contributed by atoms with E-state index in [-0.39, 0.29) is 26.2 Å². The fraction of sp³-hybridized carbons (Fsp3) is 0.471. The minimum absolute atomic E-state index is 0. The van der Waals surface area contributed by atoms with Gasteiger partial charge in [0.25, 0.3) is 0 Å². The van der Waals surface area contributed by atoms with Crippen molar-refractivity contribution in [3.63, 3.8) is 0 Å². The van der Waals surface area contributed by atoms with Crippen LogP contribution in [0.1, 0.15) is 31.4 Å². The van der Waals surface area contributed by atoms with E-state index in [1.807, 2.05) is 0 Å². The molecule has 0 saturated carbocycles. The van der Waals surface area contributed by atoms with Gasteiger partial charge in [0.2, 0.25) is 0 Å². The summed E-state index contributed by atoms with van der Waals surface area (Å²) in [6.07, 6.45) is 8.47. The summed E-state index contributed by atoms with van der Waals surface area (Å²) in [6.45, 7) is 8.65. The van der Waals surface area contributed by atoms with Crippen molar-refractivity contribution in [3.8, 4) is 0 Å². The molecule has 0 saturated heterocycles. The molecule has 0 aromatic heterocycles. The van der Waals surface area contributed by atoms with Crippen LogP contribution in [0.2, 0.25) is 11.5 Å². The van der Waals surface area contributed by atoms with Gasteiger partial charge in [0, 0.05) is 0 Å². The van der Waals surface area contributed by atoms with E-state index in [1.165, 1.54) is 16.7 Å². The smallest absolute Gasteiger partial charge is 2.00 e. The Bertz CT molecular complexity index is 356. The molecule has 0 unspecified atom stereocenters. The van der Waals surface area contributed by atoms with Crippen LogP contribution in [0, 0.1) is 25.8 Å². The van der Waals surface area contributed by atoms with Crippen LogP contribution in [-0.2, 0) is 26.2 Å². The van der Waals surface area contributed by atoms with Gasteiger partial charge in [-0.1, -0.05) is 33.6 Å². The molecule has 1 radical (unpaired) electrons. The third-order valence-electron chi connectivity index (χ3n) is 2.71. The van der Waals surface area contributed by atoms with E-state index in [2.05, 4.69) is 75.6 Å². The summed E-state index contributed by atoms with van der Waals surface area (Å²) in [7, 11) is 0. The van der Waals surface area contributed by atoms with Gasteiger partial charge in [0.1, 0.15) is 0 Å². The minimum Gasteiger partial charge on any atom is 2.00 e. The quantitative estimate of drug-likeness (QED) is 0.470. The fourth-order valence-corrected chi connectivity index (χ4v) is 1.41. The SMILES string of the molecule is CC(C)C1=CC[C-]=C1.Cc1ccc[c-]1C.[CH3][GeH][CH3].[Zr+2]. The number of allylic oxidation sites excluding steroid dienone is 4. The van der Waals surface area contributed by atoms with Gasteiger partial charge in [-0.3, -0.25) is 6.08 Å². The van der Waals surface area contributed by atoms with E-state index >= 15 is 0 Å². The minimum atomic E-state index is 0. The summed E-state index contributed by atoms with van der Waals surface area (Å²) in [5.41, 5.74) is 4.21. The number of hydrogen-bond acceptors (Lipinski definition) is 0. The van der Waals surface area contributed by atoms with Crippen molar-refractivity contribution in [2.75, 3.05) is 0 Å². The third kappa shape index (κ3) is 10.7. The molecule has 0 amide bonds. The second-order valence-corrected chi connectivity index (χ2v) is 7.30. The molecule has 0 atom stereocenters. The zero-order valence-electron chi connectivity index (χ0n) is 13.2. The molecule has 2 heteroatoms. The maximum atomic E-state index is 3.14. The Morgan fingerprint density at radius 2 is 1.89 bits per heavy atom. The Morgan fingerprint density at radius 1 is 1.32 bits per heavy atom. The van der Waals surface area contributed by atoms with Gasteiger partial charge in [0.15, 0.2) is 0 Å². The fourth-order valence-electron chi connectivity index (χ4n) is 1.41. The summed E-state index contributed by atoms with van der Waals surface area (Å²) in [5.74, 6) is 5.25. The van der Waals surface area contributed by atoms with Crippen molar-refractivity contribution in [2.24, 2.45) is 5.92 Å². The van der Waals surface area contributed by atoms with Crippen molar-refractivity contribution < 1.29 is 26.2 Å². The van der Waals surface area contributed by atoms with Crippen molar-refractivity contribution in [1.82, 2.24) is 0 Å². The molecule has 1 aromatic carbocycles. The zero-order valence-corrected chi connectivity index (χ0v) is 18.1. The maximum Gasteiger partial charge on any atom is 2.00 e. The molecule has 103 valence electrons. The summed E-state index contributed by atoms with van der Waals surface area (Å²) >= 11 is 0.312. The van der Waals surface area contributed by atoms with Crippen LogP contribution in [0.4, 0.5) is 0 Å². The second-order valence-electron chi connectivity index (χ2n) is 4.88. The summed E-state index contributed by atoms with van der Waals surface area (Å²) in [5, 5.41) is 0. The van der Waals surface area contributed by atoms with Crippen molar-refractivity contribution >= 4 is 15.4 Å². The van der Waals surface area contributed by atoms with Crippen LogP contribution in [0.3, 0.4) is 0 Å². The van der Waals surface area contributed by atoms with E-state index in [0.717, 1.165) is 6.42 Å². The van der Waals surface area contributed by atoms with E-state index in [9.17, 15) is 0 Å². The summed E-state index contributed by atoms with van der Waals surface area (Å²) in [4.78, 5) is 0. The monoisotopic (exact) mass is 395 g/mol. The Labute approximate surface area is 145 Å². The summed E-state index contributed by atoms with van der Waals surface area (Å²) in [6, 6.07) is 6.31. The Morgan fingerprint density at radius 3 is 2.05 bits per heavy atom. The van der Waals surface area contributed by atoms with E-state index in [1.54, 1.807) is 0 Å². The van der Waals surface area contributed by atoms with Crippen LogP contribution in [0.25, 0.3) is 0 Å². The number of hydrogen-bond donors (Lipinski definition) is 0. The van der Waals surface area contributed by atoms with Crippen LogP contribution in [0.5, 0.6) is 0 Å². The molecule has 0 spiro atoms. The maximum absolute atomic E-state index is 3.14. The Kier molecular flexibility index (Phi) is 15.0. The summed E-state index contributed by atoms with van der Waals surface area (Å²) < 4.78 is 0. The predicted octanol–water partition coefficient (Wildman–Crippen LogP) is 4.87. The topological polar surface area (TPSA) is 0 Å². The Balaban J connectivity index is 0. The van der Waals surface area contributed by atoms with Crippen LogP contribution in [-0.4, -0.2) is 15.4 Å². The molecular formula is C17H27GeZr. The van der Waals surface area contributed by atoms with Gasteiger partial charge < -0.3 is 0 Å². The van der Waals surface area contributed by atoms with Gasteiger partial charge in [-0.15, -0.1) is 6.42 Å². The average molecular weight is 395 g/mol. The van der Waals surface area contributed by atoms with Gasteiger partial charge in [-0.2, -0.15) is 28.8 Å². The average Bonchev–Trinajstić information content (AvgIpc) is 2.94.